The Balaban J connectivity index is 1.36. The van der Waals surface area contributed by atoms with Crippen LogP contribution < -0.4 is 10.1 Å². The first-order chi connectivity index (χ1) is 15.1. The summed E-state index contributed by atoms with van der Waals surface area (Å²) in [4.78, 5) is 27.5. The number of hydrogen-bond acceptors (Lipinski definition) is 8. The van der Waals surface area contributed by atoms with Crippen LogP contribution in [0.3, 0.4) is 0 Å². The Morgan fingerprint density at radius 1 is 1.23 bits per heavy atom. The first-order valence-corrected chi connectivity index (χ1v) is 9.73. The fourth-order valence-electron chi connectivity index (χ4n) is 3.24. The number of fused-ring (bicyclic) bond motifs is 1. The van der Waals surface area contributed by atoms with Crippen LogP contribution in [0.15, 0.2) is 52.8 Å². The molecule has 1 unspecified atom stereocenters. The van der Waals surface area contributed by atoms with Crippen molar-refractivity contribution >= 4 is 22.9 Å². The summed E-state index contributed by atoms with van der Waals surface area (Å²) in [6.45, 7) is 0.0872. The number of carboxylic acids is 1. The van der Waals surface area contributed by atoms with Gasteiger partial charge in [0.25, 0.3) is 5.91 Å². The molecule has 4 rings (SSSR count). The second-order valence-electron chi connectivity index (χ2n) is 7.02. The number of nitrogens with one attached hydrogen (secondary N) is 1. The van der Waals surface area contributed by atoms with Crippen molar-refractivity contribution in [2.75, 3.05) is 13.2 Å². The fraction of sp³-hybridized carbons (Fsp3) is 0.286. The zero-order chi connectivity index (χ0) is 21.6. The van der Waals surface area contributed by atoms with E-state index in [2.05, 4.69) is 25.2 Å². The molecule has 1 aliphatic rings. The molecule has 0 saturated heterocycles. The Hall–Kier alpha value is -3.79. The number of carbonyl (C=O) groups excluding carboxylic acids is 1. The van der Waals surface area contributed by atoms with Crippen molar-refractivity contribution in [3.05, 3.63) is 53.7 Å². The molecule has 0 saturated carbocycles. The molecule has 2 heterocycles. The maximum absolute atomic E-state index is 12.7. The van der Waals surface area contributed by atoms with Crippen LogP contribution in [0.1, 0.15) is 29.6 Å². The maximum atomic E-state index is 12.7. The van der Waals surface area contributed by atoms with E-state index in [-0.39, 0.29) is 24.5 Å². The van der Waals surface area contributed by atoms with Crippen LogP contribution in [0.5, 0.6) is 11.6 Å². The number of benzene rings is 1. The van der Waals surface area contributed by atoms with Gasteiger partial charge in [0, 0.05) is 18.8 Å². The molecule has 160 valence electrons. The van der Waals surface area contributed by atoms with E-state index in [1.165, 1.54) is 0 Å². The van der Waals surface area contributed by atoms with E-state index >= 15 is 0 Å². The molecule has 10 heteroatoms. The molecular weight excluding hydrogens is 404 g/mol. The summed E-state index contributed by atoms with van der Waals surface area (Å²) in [5.41, 5.74) is 2.51. The normalized spacial score (nSPS) is 16.0. The van der Waals surface area contributed by atoms with Crippen molar-refractivity contribution in [2.45, 2.75) is 25.4 Å². The van der Waals surface area contributed by atoms with Gasteiger partial charge in [-0.15, -0.1) is 0 Å². The zero-order valence-corrected chi connectivity index (χ0v) is 16.5. The van der Waals surface area contributed by atoms with Crippen molar-refractivity contribution in [1.29, 1.82) is 0 Å². The second-order valence-corrected chi connectivity index (χ2v) is 7.02. The topological polar surface area (TPSA) is 137 Å². The molecule has 0 radical (unpaired) electrons. The molecule has 1 aliphatic carbocycles. The predicted octanol–water partition coefficient (Wildman–Crippen LogP) is 2.72. The van der Waals surface area contributed by atoms with Gasteiger partial charge in [-0.05, 0) is 53.8 Å². The zero-order valence-electron chi connectivity index (χ0n) is 16.5. The number of rotatable bonds is 8. The van der Waals surface area contributed by atoms with E-state index in [0.717, 1.165) is 18.4 Å². The van der Waals surface area contributed by atoms with Gasteiger partial charge in [0.2, 0.25) is 5.88 Å². The third-order valence-electron chi connectivity index (χ3n) is 4.83. The molecule has 31 heavy (non-hydrogen) atoms. The van der Waals surface area contributed by atoms with Gasteiger partial charge < -0.3 is 19.9 Å². The molecule has 1 atom stereocenters. The van der Waals surface area contributed by atoms with Gasteiger partial charge in [0.15, 0.2) is 0 Å². The van der Waals surface area contributed by atoms with Crippen molar-refractivity contribution in [1.82, 2.24) is 20.6 Å². The van der Waals surface area contributed by atoms with Gasteiger partial charge >= 0.3 is 5.97 Å². The Morgan fingerprint density at radius 2 is 2.10 bits per heavy atom. The largest absolute Gasteiger partial charge is 0.480 e. The lowest BCUT2D eigenvalue weighted by atomic mass is 9.97. The number of ether oxygens (including phenoxy) is 2. The monoisotopic (exact) mass is 424 g/mol. The summed E-state index contributed by atoms with van der Waals surface area (Å²) in [5.74, 6) is -0.652. The summed E-state index contributed by atoms with van der Waals surface area (Å²) in [5, 5.41) is 19.1. The van der Waals surface area contributed by atoms with Gasteiger partial charge in [0.05, 0.1) is 6.10 Å². The molecule has 0 aliphatic heterocycles. The number of nitrogens with zero attached hydrogens (tertiary/aromatic N) is 3. The minimum atomic E-state index is -0.978. The lowest BCUT2D eigenvalue weighted by Crippen LogP contribution is -2.28. The third-order valence-corrected chi connectivity index (χ3v) is 4.83. The van der Waals surface area contributed by atoms with Crippen LogP contribution in [-0.2, 0) is 9.53 Å². The highest BCUT2D eigenvalue weighted by Gasteiger charge is 2.18. The Bertz CT molecular complexity index is 1130. The molecule has 2 N–H and O–H groups in total. The van der Waals surface area contributed by atoms with Gasteiger partial charge in [-0.25, -0.2) is 14.4 Å². The molecular formula is C21H20N4O6. The van der Waals surface area contributed by atoms with Gasteiger partial charge in [-0.2, -0.15) is 0 Å². The van der Waals surface area contributed by atoms with E-state index in [0.29, 0.717) is 35.3 Å². The van der Waals surface area contributed by atoms with Crippen LogP contribution in [0, 0.1) is 0 Å². The van der Waals surface area contributed by atoms with Crippen LogP contribution in [0.25, 0.3) is 11.0 Å². The van der Waals surface area contributed by atoms with E-state index in [1.807, 2.05) is 6.08 Å². The van der Waals surface area contributed by atoms with Crippen molar-refractivity contribution in [3.8, 4) is 11.6 Å². The average Bonchev–Trinajstić information content (AvgIpc) is 3.25. The van der Waals surface area contributed by atoms with Crippen molar-refractivity contribution in [2.24, 2.45) is 0 Å². The highest BCUT2D eigenvalue weighted by atomic mass is 16.6. The number of carbonyl (C=O) groups is 2. The molecule has 1 aromatic carbocycles. The lowest BCUT2D eigenvalue weighted by molar-refractivity contribution is -0.144. The average molecular weight is 424 g/mol. The standard InChI is InChI=1S/C21H20N4O6/c26-19(27)12-29-14-5-3-13(4-6-14)11-23-20(28)16-2-1-9-22-21(16)30-15-7-8-17-18(10-15)25-31-24-17/h1-3,7-10,14H,4-6,11-12H2,(H,23,28)(H,26,27). The second kappa shape index (κ2) is 9.35. The van der Waals surface area contributed by atoms with E-state index in [4.69, 9.17) is 14.6 Å². The van der Waals surface area contributed by atoms with Gasteiger partial charge in [-0.3, -0.25) is 4.79 Å². The minimum absolute atomic E-state index is 0.105. The number of carboxylic acid groups (broad SMARTS) is 1. The highest BCUT2D eigenvalue weighted by molar-refractivity contribution is 5.96. The van der Waals surface area contributed by atoms with Crippen LogP contribution >= 0.6 is 0 Å². The Morgan fingerprint density at radius 3 is 2.90 bits per heavy atom. The molecule has 2 aromatic heterocycles. The highest BCUT2D eigenvalue weighted by Crippen LogP contribution is 2.26. The van der Waals surface area contributed by atoms with E-state index in [9.17, 15) is 9.59 Å². The van der Waals surface area contributed by atoms with E-state index < -0.39 is 5.97 Å². The molecule has 10 nitrogen and oxygen atoms in total. The maximum Gasteiger partial charge on any atom is 0.329 e. The third kappa shape index (κ3) is 5.23. The number of hydrogen-bond donors (Lipinski definition) is 2. The summed E-state index contributed by atoms with van der Waals surface area (Å²) >= 11 is 0. The smallest absolute Gasteiger partial charge is 0.329 e. The predicted molar refractivity (Wildman–Crippen MR) is 108 cm³/mol. The quantitative estimate of drug-likeness (QED) is 0.523. The molecule has 0 spiro atoms. The van der Waals surface area contributed by atoms with Crippen LogP contribution in [0.4, 0.5) is 0 Å². The van der Waals surface area contributed by atoms with Gasteiger partial charge in [-0.1, -0.05) is 11.6 Å². The summed E-state index contributed by atoms with van der Waals surface area (Å²) in [6.07, 6.45) is 5.49. The lowest BCUT2D eigenvalue weighted by Gasteiger charge is -2.22. The molecule has 0 bridgehead atoms. The molecule has 3 aromatic rings. The van der Waals surface area contributed by atoms with Crippen LogP contribution in [-0.4, -0.2) is 51.5 Å². The summed E-state index contributed by atoms with van der Waals surface area (Å²) < 4.78 is 15.8. The number of aromatic nitrogens is 3. The fourth-order valence-corrected chi connectivity index (χ4v) is 3.24. The van der Waals surface area contributed by atoms with Crippen molar-refractivity contribution < 1.29 is 28.8 Å². The van der Waals surface area contributed by atoms with Gasteiger partial charge in [0.1, 0.15) is 29.0 Å². The minimum Gasteiger partial charge on any atom is -0.480 e. The summed E-state index contributed by atoms with van der Waals surface area (Å²) in [7, 11) is 0. The Labute approximate surface area is 176 Å². The SMILES string of the molecule is O=C(O)COC1CC=C(CNC(=O)c2cccnc2Oc2ccc3nonc3c2)CC1. The number of pyridine rings is 1. The van der Waals surface area contributed by atoms with Crippen LogP contribution in [0.2, 0.25) is 0 Å². The molecule has 0 fully saturated rings. The first kappa shape index (κ1) is 20.5. The number of aliphatic carboxylic acids is 1. The van der Waals surface area contributed by atoms with E-state index in [1.54, 1.807) is 36.5 Å². The van der Waals surface area contributed by atoms with Crippen molar-refractivity contribution in [3.63, 3.8) is 0 Å². The molecule has 1 amide bonds. The summed E-state index contributed by atoms with van der Waals surface area (Å²) in [6, 6.07) is 8.35. The number of amides is 1. The first-order valence-electron chi connectivity index (χ1n) is 9.73. The Kier molecular flexibility index (Phi) is 6.18.